The topological polar surface area (TPSA) is 38.9 Å². The lowest BCUT2D eigenvalue weighted by Gasteiger charge is -1.88. The Morgan fingerprint density at radius 1 is 1.27 bits per heavy atom. The number of oxazole rings is 1. The standard InChI is InChI=1S/C11H9ClN2O/c12-7-10-8-15-11(14-10)2-1-9-3-5-13-6-4-9/h1-6,8H,7H2. The minimum absolute atomic E-state index is 0.368. The van der Waals surface area contributed by atoms with Gasteiger partial charge in [-0.25, -0.2) is 4.98 Å². The highest BCUT2D eigenvalue weighted by atomic mass is 35.5. The first-order valence-corrected chi connectivity index (χ1v) is 5.00. The van der Waals surface area contributed by atoms with E-state index in [1.54, 1.807) is 24.7 Å². The van der Waals surface area contributed by atoms with Crippen LogP contribution in [0.5, 0.6) is 0 Å². The van der Waals surface area contributed by atoms with Crippen molar-refractivity contribution in [3.8, 4) is 0 Å². The molecular weight excluding hydrogens is 212 g/mol. The molecule has 2 aromatic rings. The van der Waals surface area contributed by atoms with Gasteiger partial charge in [0.15, 0.2) is 0 Å². The number of halogens is 1. The number of hydrogen-bond acceptors (Lipinski definition) is 3. The Balaban J connectivity index is 2.11. The summed E-state index contributed by atoms with van der Waals surface area (Å²) in [4.78, 5) is 8.07. The van der Waals surface area contributed by atoms with Crippen LogP contribution in [0.1, 0.15) is 17.1 Å². The van der Waals surface area contributed by atoms with Crippen LogP contribution in [-0.2, 0) is 5.88 Å². The molecule has 15 heavy (non-hydrogen) atoms. The van der Waals surface area contributed by atoms with Crippen molar-refractivity contribution in [2.45, 2.75) is 5.88 Å². The molecule has 0 aromatic carbocycles. The van der Waals surface area contributed by atoms with Gasteiger partial charge in [0.25, 0.3) is 0 Å². The van der Waals surface area contributed by atoms with Gasteiger partial charge in [0, 0.05) is 18.5 Å². The second-order valence-corrected chi connectivity index (χ2v) is 3.19. The quantitative estimate of drug-likeness (QED) is 0.747. The SMILES string of the molecule is ClCc1coc(C=Cc2ccncc2)n1. The second-order valence-electron chi connectivity index (χ2n) is 2.92. The first-order valence-electron chi connectivity index (χ1n) is 4.47. The van der Waals surface area contributed by atoms with Gasteiger partial charge in [-0.3, -0.25) is 4.98 Å². The molecule has 0 aliphatic rings. The highest BCUT2D eigenvalue weighted by Crippen LogP contribution is 2.08. The Morgan fingerprint density at radius 2 is 2.07 bits per heavy atom. The van der Waals surface area contributed by atoms with Gasteiger partial charge in [0.2, 0.25) is 5.89 Å². The first kappa shape index (κ1) is 9.93. The van der Waals surface area contributed by atoms with Gasteiger partial charge in [-0.2, -0.15) is 0 Å². The van der Waals surface area contributed by atoms with Gasteiger partial charge in [-0.15, -0.1) is 11.6 Å². The van der Waals surface area contributed by atoms with Crippen molar-refractivity contribution in [2.75, 3.05) is 0 Å². The molecule has 0 aliphatic carbocycles. The van der Waals surface area contributed by atoms with Crippen molar-refractivity contribution in [2.24, 2.45) is 0 Å². The number of nitrogens with zero attached hydrogens (tertiary/aromatic N) is 2. The smallest absolute Gasteiger partial charge is 0.218 e. The van der Waals surface area contributed by atoms with Crippen LogP contribution in [0.25, 0.3) is 12.2 Å². The van der Waals surface area contributed by atoms with Crippen LogP contribution in [0.4, 0.5) is 0 Å². The summed E-state index contributed by atoms with van der Waals surface area (Å²) >= 11 is 5.60. The fraction of sp³-hybridized carbons (Fsp3) is 0.0909. The summed E-state index contributed by atoms with van der Waals surface area (Å²) in [5.41, 5.74) is 1.79. The van der Waals surface area contributed by atoms with Crippen LogP contribution >= 0.6 is 11.6 Å². The molecule has 0 spiro atoms. The summed E-state index contributed by atoms with van der Waals surface area (Å²) in [6.45, 7) is 0. The number of hydrogen-bond donors (Lipinski definition) is 0. The Morgan fingerprint density at radius 3 is 2.73 bits per heavy atom. The van der Waals surface area contributed by atoms with E-state index in [1.807, 2.05) is 18.2 Å². The van der Waals surface area contributed by atoms with Gasteiger partial charge < -0.3 is 4.42 Å². The molecule has 0 aliphatic heterocycles. The lowest BCUT2D eigenvalue weighted by Crippen LogP contribution is -1.76. The van der Waals surface area contributed by atoms with Crippen molar-refractivity contribution >= 4 is 23.8 Å². The Labute approximate surface area is 92.4 Å². The molecule has 3 nitrogen and oxygen atoms in total. The van der Waals surface area contributed by atoms with Crippen LogP contribution in [0.15, 0.2) is 35.2 Å². The van der Waals surface area contributed by atoms with Crippen LogP contribution in [0.2, 0.25) is 0 Å². The van der Waals surface area contributed by atoms with Gasteiger partial charge in [0.05, 0.1) is 11.6 Å². The van der Waals surface area contributed by atoms with E-state index in [2.05, 4.69) is 9.97 Å². The molecule has 0 radical (unpaired) electrons. The van der Waals surface area contributed by atoms with Gasteiger partial charge in [0.1, 0.15) is 6.26 Å². The first-order chi connectivity index (χ1) is 7.38. The third-order valence-corrected chi connectivity index (χ3v) is 2.10. The zero-order chi connectivity index (χ0) is 10.5. The molecule has 0 N–H and O–H groups in total. The molecule has 0 saturated heterocycles. The van der Waals surface area contributed by atoms with E-state index < -0.39 is 0 Å². The second kappa shape index (κ2) is 4.75. The minimum atomic E-state index is 0.368. The maximum absolute atomic E-state index is 5.60. The fourth-order valence-electron chi connectivity index (χ4n) is 1.10. The predicted molar refractivity (Wildman–Crippen MR) is 59.2 cm³/mol. The van der Waals surface area contributed by atoms with Crippen LogP contribution in [0, 0.1) is 0 Å². The van der Waals surface area contributed by atoms with E-state index in [4.69, 9.17) is 16.0 Å². The Kier molecular flexibility index (Phi) is 3.15. The summed E-state index contributed by atoms with van der Waals surface area (Å²) in [6, 6.07) is 3.81. The molecule has 0 saturated carbocycles. The monoisotopic (exact) mass is 220 g/mol. The molecule has 2 aromatic heterocycles. The van der Waals surface area contributed by atoms with E-state index >= 15 is 0 Å². The molecule has 0 atom stereocenters. The fourth-order valence-corrected chi connectivity index (χ4v) is 1.23. The van der Waals surface area contributed by atoms with Crippen LogP contribution in [-0.4, -0.2) is 9.97 Å². The maximum atomic E-state index is 5.60. The maximum Gasteiger partial charge on any atom is 0.218 e. The summed E-state index contributed by atoms with van der Waals surface area (Å²) in [6.07, 6.45) is 8.73. The van der Waals surface area contributed by atoms with Crippen LogP contribution < -0.4 is 0 Å². The molecule has 0 unspecified atom stereocenters. The minimum Gasteiger partial charge on any atom is -0.445 e. The summed E-state index contributed by atoms with van der Waals surface area (Å²) in [5.74, 6) is 0.925. The summed E-state index contributed by atoms with van der Waals surface area (Å²) in [5, 5.41) is 0. The van der Waals surface area contributed by atoms with E-state index in [-0.39, 0.29) is 0 Å². The van der Waals surface area contributed by atoms with Crippen molar-refractivity contribution in [3.63, 3.8) is 0 Å². The normalized spacial score (nSPS) is 11.0. The third-order valence-electron chi connectivity index (χ3n) is 1.83. The van der Waals surface area contributed by atoms with E-state index in [9.17, 15) is 0 Å². The van der Waals surface area contributed by atoms with Gasteiger partial charge in [-0.05, 0) is 23.8 Å². The van der Waals surface area contributed by atoms with E-state index in [0.29, 0.717) is 11.8 Å². The zero-order valence-electron chi connectivity index (χ0n) is 7.93. The molecule has 0 amide bonds. The largest absolute Gasteiger partial charge is 0.445 e. The zero-order valence-corrected chi connectivity index (χ0v) is 8.69. The predicted octanol–water partition coefficient (Wildman–Crippen LogP) is 2.98. The average molecular weight is 221 g/mol. The summed E-state index contributed by atoms with van der Waals surface area (Å²) in [7, 11) is 0. The van der Waals surface area contributed by atoms with E-state index in [0.717, 1.165) is 11.3 Å². The van der Waals surface area contributed by atoms with Crippen molar-refractivity contribution < 1.29 is 4.42 Å². The molecular formula is C11H9ClN2O. The van der Waals surface area contributed by atoms with Crippen molar-refractivity contribution in [1.82, 2.24) is 9.97 Å². The van der Waals surface area contributed by atoms with Gasteiger partial charge >= 0.3 is 0 Å². The van der Waals surface area contributed by atoms with Gasteiger partial charge in [-0.1, -0.05) is 0 Å². The Bertz CT molecular complexity index is 451. The lowest BCUT2D eigenvalue weighted by atomic mass is 10.2. The number of pyridine rings is 1. The van der Waals surface area contributed by atoms with E-state index in [1.165, 1.54) is 0 Å². The molecule has 76 valence electrons. The highest BCUT2D eigenvalue weighted by Gasteiger charge is 1.97. The number of alkyl halides is 1. The Hall–Kier alpha value is -1.61. The van der Waals surface area contributed by atoms with Crippen LogP contribution in [0.3, 0.4) is 0 Å². The molecule has 0 bridgehead atoms. The molecule has 0 fully saturated rings. The lowest BCUT2D eigenvalue weighted by molar-refractivity contribution is 0.546. The average Bonchev–Trinajstić information content (AvgIpc) is 2.76. The molecule has 4 heteroatoms. The molecule has 2 heterocycles. The molecule has 2 rings (SSSR count). The van der Waals surface area contributed by atoms with Crippen molar-refractivity contribution in [1.29, 1.82) is 0 Å². The van der Waals surface area contributed by atoms with Crippen molar-refractivity contribution in [3.05, 3.63) is 47.9 Å². The highest BCUT2D eigenvalue weighted by molar-refractivity contribution is 6.16. The third kappa shape index (κ3) is 2.67. The number of aromatic nitrogens is 2. The summed E-state index contributed by atoms with van der Waals surface area (Å²) < 4.78 is 5.18. The number of rotatable bonds is 3.